The van der Waals surface area contributed by atoms with Crippen LogP contribution in [0.5, 0.6) is 5.75 Å². The Balaban J connectivity index is 1.52. The first-order valence-corrected chi connectivity index (χ1v) is 10.9. The summed E-state index contributed by atoms with van der Waals surface area (Å²) in [6.45, 7) is 2.40. The SMILES string of the molecule is COc1ccc(CNc2nnc(SC(C)C(=O)Nc3ccc(C#N)c(Cl)c3)s2)cc1. The smallest absolute Gasteiger partial charge is 0.237 e. The molecule has 0 aliphatic carbocycles. The highest BCUT2D eigenvalue weighted by Gasteiger charge is 2.18. The lowest BCUT2D eigenvalue weighted by Crippen LogP contribution is -2.22. The van der Waals surface area contributed by atoms with E-state index >= 15 is 0 Å². The number of thioether (sulfide) groups is 1. The van der Waals surface area contributed by atoms with Gasteiger partial charge in [-0.1, -0.05) is 46.8 Å². The minimum absolute atomic E-state index is 0.191. The van der Waals surface area contributed by atoms with Crippen LogP contribution < -0.4 is 15.4 Å². The third-order valence-electron chi connectivity index (χ3n) is 4.01. The lowest BCUT2D eigenvalue weighted by Gasteiger charge is -2.10. The molecule has 3 aromatic rings. The highest BCUT2D eigenvalue weighted by Crippen LogP contribution is 2.30. The van der Waals surface area contributed by atoms with E-state index in [1.54, 1.807) is 32.2 Å². The van der Waals surface area contributed by atoms with Crippen LogP contribution in [0.2, 0.25) is 5.02 Å². The summed E-state index contributed by atoms with van der Waals surface area (Å²) in [5.41, 5.74) is 1.99. The molecular formula is C20H18ClN5O2S2. The fourth-order valence-electron chi connectivity index (χ4n) is 2.38. The van der Waals surface area contributed by atoms with E-state index in [0.29, 0.717) is 32.3 Å². The van der Waals surface area contributed by atoms with Crippen molar-refractivity contribution in [3.05, 3.63) is 58.6 Å². The van der Waals surface area contributed by atoms with Crippen molar-refractivity contribution in [1.29, 1.82) is 5.26 Å². The number of nitrogens with one attached hydrogen (secondary N) is 2. The van der Waals surface area contributed by atoms with Gasteiger partial charge in [-0.05, 0) is 42.8 Å². The van der Waals surface area contributed by atoms with Gasteiger partial charge in [-0.3, -0.25) is 4.79 Å². The number of amides is 1. The summed E-state index contributed by atoms with van der Waals surface area (Å²) in [7, 11) is 1.63. The number of nitriles is 1. The van der Waals surface area contributed by atoms with Crippen molar-refractivity contribution >= 4 is 51.4 Å². The van der Waals surface area contributed by atoms with Gasteiger partial charge in [-0.25, -0.2) is 0 Å². The predicted molar refractivity (Wildman–Crippen MR) is 120 cm³/mol. The molecule has 0 aliphatic heterocycles. The summed E-state index contributed by atoms with van der Waals surface area (Å²) in [5, 5.41) is 23.8. The molecule has 0 bridgehead atoms. The molecule has 10 heteroatoms. The van der Waals surface area contributed by atoms with E-state index in [1.807, 2.05) is 30.3 Å². The quantitative estimate of drug-likeness (QED) is 0.466. The van der Waals surface area contributed by atoms with E-state index in [-0.39, 0.29) is 11.2 Å². The standard InChI is InChI=1S/C20H18ClN5O2S2/c1-12(18(27)24-15-6-5-14(10-22)17(21)9-15)29-20-26-25-19(30-20)23-11-13-3-7-16(28-2)8-4-13/h3-9,12H,11H2,1-2H3,(H,23,25)(H,24,27). The van der Waals surface area contributed by atoms with Gasteiger partial charge in [0.05, 0.1) is 22.9 Å². The number of nitrogens with zero attached hydrogens (tertiary/aromatic N) is 3. The molecule has 154 valence electrons. The summed E-state index contributed by atoms with van der Waals surface area (Å²) >= 11 is 8.71. The molecular weight excluding hydrogens is 442 g/mol. The van der Waals surface area contributed by atoms with E-state index in [0.717, 1.165) is 11.3 Å². The number of methoxy groups -OCH3 is 1. The Bertz CT molecular complexity index is 1070. The molecule has 2 N–H and O–H groups in total. The average molecular weight is 460 g/mol. The Hall–Kier alpha value is -2.80. The van der Waals surface area contributed by atoms with Crippen LogP contribution in [0.25, 0.3) is 0 Å². The minimum Gasteiger partial charge on any atom is -0.497 e. The largest absolute Gasteiger partial charge is 0.497 e. The Morgan fingerprint density at radius 2 is 2.07 bits per heavy atom. The van der Waals surface area contributed by atoms with Crippen molar-refractivity contribution in [1.82, 2.24) is 10.2 Å². The molecule has 7 nitrogen and oxygen atoms in total. The highest BCUT2D eigenvalue weighted by atomic mass is 35.5. The first kappa shape index (κ1) is 21.9. The number of halogens is 1. The molecule has 0 saturated heterocycles. The second-order valence-electron chi connectivity index (χ2n) is 6.13. The van der Waals surface area contributed by atoms with Gasteiger partial charge in [0.25, 0.3) is 0 Å². The van der Waals surface area contributed by atoms with Gasteiger partial charge in [0, 0.05) is 12.2 Å². The molecule has 1 amide bonds. The van der Waals surface area contributed by atoms with Crippen LogP contribution in [0, 0.1) is 11.3 Å². The van der Waals surface area contributed by atoms with Gasteiger partial charge in [0.15, 0.2) is 4.34 Å². The van der Waals surface area contributed by atoms with Crippen LogP contribution in [-0.2, 0) is 11.3 Å². The molecule has 1 heterocycles. The van der Waals surface area contributed by atoms with Gasteiger partial charge in [0.2, 0.25) is 11.0 Å². The summed E-state index contributed by atoms with van der Waals surface area (Å²) in [6, 6.07) is 14.5. The Morgan fingerprint density at radius 1 is 1.30 bits per heavy atom. The Kier molecular flexibility index (Phi) is 7.52. The summed E-state index contributed by atoms with van der Waals surface area (Å²) in [6.07, 6.45) is 0. The zero-order chi connectivity index (χ0) is 21.5. The second kappa shape index (κ2) is 10.3. The van der Waals surface area contributed by atoms with Crippen molar-refractivity contribution in [2.24, 2.45) is 0 Å². The summed E-state index contributed by atoms with van der Waals surface area (Å²) < 4.78 is 5.84. The van der Waals surface area contributed by atoms with Crippen molar-refractivity contribution in [3.63, 3.8) is 0 Å². The van der Waals surface area contributed by atoms with Gasteiger partial charge < -0.3 is 15.4 Å². The maximum atomic E-state index is 12.4. The normalized spacial score (nSPS) is 11.4. The first-order valence-electron chi connectivity index (χ1n) is 8.86. The van der Waals surface area contributed by atoms with Gasteiger partial charge in [0.1, 0.15) is 11.8 Å². The molecule has 30 heavy (non-hydrogen) atoms. The number of ether oxygens (including phenoxy) is 1. The zero-order valence-electron chi connectivity index (χ0n) is 16.2. The van der Waals surface area contributed by atoms with E-state index in [9.17, 15) is 4.79 Å². The summed E-state index contributed by atoms with van der Waals surface area (Å²) in [4.78, 5) is 12.4. The third-order valence-corrected chi connectivity index (χ3v) is 6.39. The predicted octanol–water partition coefficient (Wildman–Crippen LogP) is 4.80. The first-order chi connectivity index (χ1) is 14.5. The maximum Gasteiger partial charge on any atom is 0.237 e. The monoisotopic (exact) mass is 459 g/mol. The number of benzene rings is 2. The number of carbonyl (C=O) groups excluding carboxylic acids is 1. The van der Waals surface area contributed by atoms with Crippen LogP contribution >= 0.6 is 34.7 Å². The Labute approximate surface area is 187 Å². The lowest BCUT2D eigenvalue weighted by atomic mass is 10.2. The molecule has 2 aromatic carbocycles. The lowest BCUT2D eigenvalue weighted by molar-refractivity contribution is -0.115. The van der Waals surface area contributed by atoms with Crippen molar-refractivity contribution in [2.45, 2.75) is 23.1 Å². The fourth-order valence-corrected chi connectivity index (χ4v) is 4.50. The minimum atomic E-state index is -0.387. The molecule has 0 saturated carbocycles. The molecule has 0 aliphatic rings. The third kappa shape index (κ3) is 5.86. The molecule has 1 unspecified atom stereocenters. The van der Waals surface area contributed by atoms with Gasteiger partial charge in [-0.15, -0.1) is 10.2 Å². The van der Waals surface area contributed by atoms with Crippen molar-refractivity contribution in [2.75, 3.05) is 17.7 Å². The summed E-state index contributed by atoms with van der Waals surface area (Å²) in [5.74, 6) is 0.618. The van der Waals surface area contributed by atoms with Crippen LogP contribution in [0.1, 0.15) is 18.1 Å². The van der Waals surface area contributed by atoms with Crippen LogP contribution in [-0.4, -0.2) is 28.5 Å². The van der Waals surface area contributed by atoms with Gasteiger partial charge in [-0.2, -0.15) is 5.26 Å². The van der Waals surface area contributed by atoms with E-state index in [2.05, 4.69) is 20.8 Å². The average Bonchev–Trinajstić information content (AvgIpc) is 3.20. The number of rotatable bonds is 8. The number of hydrogen-bond donors (Lipinski definition) is 2. The number of anilines is 2. The van der Waals surface area contributed by atoms with E-state index in [1.165, 1.54) is 23.1 Å². The molecule has 1 atom stereocenters. The fraction of sp³-hybridized carbons (Fsp3) is 0.200. The molecule has 0 radical (unpaired) electrons. The maximum absolute atomic E-state index is 12.4. The Morgan fingerprint density at radius 3 is 2.73 bits per heavy atom. The second-order valence-corrected chi connectivity index (χ2v) is 9.10. The number of hydrogen-bond acceptors (Lipinski definition) is 8. The molecule has 0 spiro atoms. The van der Waals surface area contributed by atoms with Crippen LogP contribution in [0.15, 0.2) is 46.8 Å². The van der Waals surface area contributed by atoms with Crippen LogP contribution in [0.3, 0.4) is 0 Å². The van der Waals surface area contributed by atoms with Crippen LogP contribution in [0.4, 0.5) is 10.8 Å². The molecule has 1 aromatic heterocycles. The van der Waals surface area contributed by atoms with E-state index < -0.39 is 0 Å². The highest BCUT2D eigenvalue weighted by molar-refractivity contribution is 8.02. The number of carbonyl (C=O) groups is 1. The molecule has 0 fully saturated rings. The van der Waals surface area contributed by atoms with E-state index in [4.69, 9.17) is 21.6 Å². The van der Waals surface area contributed by atoms with Crippen molar-refractivity contribution in [3.8, 4) is 11.8 Å². The zero-order valence-corrected chi connectivity index (χ0v) is 18.6. The topological polar surface area (TPSA) is 99.9 Å². The van der Waals surface area contributed by atoms with Crippen molar-refractivity contribution < 1.29 is 9.53 Å². The van der Waals surface area contributed by atoms with Gasteiger partial charge >= 0.3 is 0 Å². The molecule has 3 rings (SSSR count). The number of aromatic nitrogens is 2.